The van der Waals surface area contributed by atoms with Crippen LogP contribution in [0.25, 0.3) is 0 Å². The van der Waals surface area contributed by atoms with Crippen LogP contribution in [-0.4, -0.2) is 31.6 Å². The monoisotopic (exact) mass is 365 g/mol. The van der Waals surface area contributed by atoms with E-state index in [9.17, 15) is 14.0 Å². The second-order valence-electron chi connectivity index (χ2n) is 5.22. The molecule has 0 aliphatic heterocycles. The van der Waals surface area contributed by atoms with Crippen molar-refractivity contribution in [2.75, 3.05) is 19.8 Å². The Morgan fingerprint density at radius 2 is 2.00 bits per heavy atom. The zero-order chi connectivity index (χ0) is 18.2. The minimum Gasteiger partial charge on any atom is -0.492 e. The van der Waals surface area contributed by atoms with Crippen molar-refractivity contribution in [2.24, 2.45) is 0 Å². The smallest absolute Gasteiger partial charge is 0.341 e. The number of amides is 1. The van der Waals surface area contributed by atoms with Gasteiger partial charge in [0, 0.05) is 5.02 Å². The van der Waals surface area contributed by atoms with Gasteiger partial charge in [-0.15, -0.1) is 0 Å². The van der Waals surface area contributed by atoms with Crippen molar-refractivity contribution in [3.63, 3.8) is 0 Å². The van der Waals surface area contributed by atoms with Crippen LogP contribution in [0, 0.1) is 12.7 Å². The van der Waals surface area contributed by atoms with E-state index >= 15 is 0 Å². The number of carbonyl (C=O) groups is 2. The molecule has 2 rings (SSSR count). The third-order valence-electron chi connectivity index (χ3n) is 3.17. The number of esters is 1. The fourth-order valence-electron chi connectivity index (χ4n) is 1.98. The number of nitrogens with one attached hydrogen (secondary N) is 1. The SMILES string of the molecule is Cc1cccc(OCCNC(=O)COC(=O)c2ccc(Cl)cc2F)c1. The van der Waals surface area contributed by atoms with E-state index in [2.05, 4.69) is 5.32 Å². The highest BCUT2D eigenvalue weighted by molar-refractivity contribution is 6.30. The summed E-state index contributed by atoms with van der Waals surface area (Å²) in [7, 11) is 0. The Morgan fingerprint density at radius 1 is 1.20 bits per heavy atom. The van der Waals surface area contributed by atoms with Crippen molar-refractivity contribution < 1.29 is 23.5 Å². The Balaban J connectivity index is 1.69. The Labute approximate surface area is 149 Å². The lowest BCUT2D eigenvalue weighted by Crippen LogP contribution is -2.32. The molecule has 1 N–H and O–H groups in total. The second-order valence-corrected chi connectivity index (χ2v) is 5.65. The number of benzene rings is 2. The molecule has 0 radical (unpaired) electrons. The maximum atomic E-state index is 13.6. The van der Waals surface area contributed by atoms with Gasteiger partial charge in [0.15, 0.2) is 6.61 Å². The molecular formula is C18H17ClFNO4. The van der Waals surface area contributed by atoms with E-state index in [1.165, 1.54) is 12.1 Å². The lowest BCUT2D eigenvalue weighted by Gasteiger charge is -2.09. The van der Waals surface area contributed by atoms with E-state index in [1.807, 2.05) is 31.2 Å². The van der Waals surface area contributed by atoms with Crippen molar-refractivity contribution in [3.05, 3.63) is 64.4 Å². The Morgan fingerprint density at radius 3 is 2.72 bits per heavy atom. The maximum absolute atomic E-state index is 13.6. The molecule has 0 aromatic heterocycles. The summed E-state index contributed by atoms with van der Waals surface area (Å²) < 4.78 is 23.8. The number of carbonyl (C=O) groups excluding carboxylic acids is 2. The fraction of sp³-hybridized carbons (Fsp3) is 0.222. The summed E-state index contributed by atoms with van der Waals surface area (Å²) in [6.45, 7) is 1.96. The summed E-state index contributed by atoms with van der Waals surface area (Å²) in [4.78, 5) is 23.3. The summed E-state index contributed by atoms with van der Waals surface area (Å²) in [5, 5.41) is 2.71. The topological polar surface area (TPSA) is 64.6 Å². The van der Waals surface area contributed by atoms with Crippen molar-refractivity contribution >= 4 is 23.5 Å². The van der Waals surface area contributed by atoms with E-state index in [1.54, 1.807) is 0 Å². The van der Waals surface area contributed by atoms with Gasteiger partial charge < -0.3 is 14.8 Å². The fourth-order valence-corrected chi connectivity index (χ4v) is 2.14. The standard InChI is InChI=1S/C18H17ClFNO4/c1-12-3-2-4-14(9-12)24-8-7-21-17(22)11-25-18(23)15-6-5-13(19)10-16(15)20/h2-6,9-10H,7-8,11H2,1H3,(H,21,22). The van der Waals surface area contributed by atoms with Crippen molar-refractivity contribution in [2.45, 2.75) is 6.92 Å². The van der Waals surface area contributed by atoms with Gasteiger partial charge in [0.1, 0.15) is 18.2 Å². The van der Waals surface area contributed by atoms with Crippen molar-refractivity contribution in [1.82, 2.24) is 5.32 Å². The van der Waals surface area contributed by atoms with E-state index in [0.717, 1.165) is 11.6 Å². The molecule has 0 heterocycles. The first-order valence-corrected chi connectivity index (χ1v) is 7.92. The van der Waals surface area contributed by atoms with Crippen LogP contribution in [0.5, 0.6) is 5.75 Å². The van der Waals surface area contributed by atoms with Crippen LogP contribution in [0.15, 0.2) is 42.5 Å². The molecule has 132 valence electrons. The van der Waals surface area contributed by atoms with Crippen LogP contribution in [0.2, 0.25) is 5.02 Å². The first kappa shape index (κ1) is 18.7. The number of hydrogen-bond donors (Lipinski definition) is 1. The Kier molecular flexibility index (Phi) is 6.77. The van der Waals surface area contributed by atoms with Gasteiger partial charge in [0.25, 0.3) is 5.91 Å². The lowest BCUT2D eigenvalue weighted by atomic mass is 10.2. The number of aryl methyl sites for hydroxylation is 1. The quantitative estimate of drug-likeness (QED) is 0.604. The van der Waals surface area contributed by atoms with Gasteiger partial charge in [-0.25, -0.2) is 9.18 Å². The van der Waals surface area contributed by atoms with Crippen LogP contribution in [-0.2, 0) is 9.53 Å². The van der Waals surface area contributed by atoms with Crippen LogP contribution in [0.1, 0.15) is 15.9 Å². The second kappa shape index (κ2) is 9.03. The van der Waals surface area contributed by atoms with Gasteiger partial charge in [-0.05, 0) is 42.8 Å². The molecular weight excluding hydrogens is 349 g/mol. The number of halogens is 2. The van der Waals surface area contributed by atoms with Crippen molar-refractivity contribution in [1.29, 1.82) is 0 Å². The van der Waals surface area contributed by atoms with E-state index in [0.29, 0.717) is 5.75 Å². The summed E-state index contributed by atoms with van der Waals surface area (Å²) in [6.07, 6.45) is 0. The summed E-state index contributed by atoms with van der Waals surface area (Å²) in [5.41, 5.74) is 0.794. The average molecular weight is 366 g/mol. The van der Waals surface area contributed by atoms with Crippen LogP contribution in [0.3, 0.4) is 0 Å². The van der Waals surface area contributed by atoms with Gasteiger partial charge in [-0.1, -0.05) is 23.7 Å². The van der Waals surface area contributed by atoms with E-state index < -0.39 is 24.3 Å². The summed E-state index contributed by atoms with van der Waals surface area (Å²) >= 11 is 5.60. The first-order chi connectivity index (χ1) is 12.0. The van der Waals surface area contributed by atoms with Gasteiger partial charge in [-0.2, -0.15) is 0 Å². The molecule has 0 atom stereocenters. The molecule has 0 unspecified atom stereocenters. The molecule has 2 aromatic carbocycles. The molecule has 0 bridgehead atoms. The Bertz CT molecular complexity index is 766. The van der Waals surface area contributed by atoms with Gasteiger partial charge >= 0.3 is 5.97 Å². The van der Waals surface area contributed by atoms with Gasteiger partial charge in [0.2, 0.25) is 0 Å². The molecule has 2 aromatic rings. The predicted octanol–water partition coefficient (Wildman–Crippen LogP) is 3.14. The molecule has 25 heavy (non-hydrogen) atoms. The number of ether oxygens (including phenoxy) is 2. The lowest BCUT2D eigenvalue weighted by molar-refractivity contribution is -0.124. The molecule has 5 nitrogen and oxygen atoms in total. The molecule has 7 heteroatoms. The van der Waals surface area contributed by atoms with E-state index in [4.69, 9.17) is 21.1 Å². The summed E-state index contributed by atoms with van der Waals surface area (Å²) in [5.74, 6) is -1.53. The zero-order valence-corrected chi connectivity index (χ0v) is 14.3. The minimum atomic E-state index is -0.930. The highest BCUT2D eigenvalue weighted by Crippen LogP contribution is 2.15. The third-order valence-corrected chi connectivity index (χ3v) is 3.40. The third kappa shape index (κ3) is 6.08. The highest BCUT2D eigenvalue weighted by Gasteiger charge is 2.15. The average Bonchev–Trinajstić information content (AvgIpc) is 2.56. The molecule has 0 spiro atoms. The molecule has 0 saturated heterocycles. The van der Waals surface area contributed by atoms with Crippen LogP contribution in [0.4, 0.5) is 4.39 Å². The molecule has 1 amide bonds. The minimum absolute atomic E-state index is 0.167. The van der Waals surface area contributed by atoms with E-state index in [-0.39, 0.29) is 23.7 Å². The Hall–Kier alpha value is -2.60. The molecule has 0 fully saturated rings. The van der Waals surface area contributed by atoms with Crippen molar-refractivity contribution in [3.8, 4) is 5.75 Å². The number of hydrogen-bond acceptors (Lipinski definition) is 4. The molecule has 0 aliphatic carbocycles. The predicted molar refractivity (Wildman–Crippen MR) is 91.4 cm³/mol. The molecule has 0 aliphatic rings. The van der Waals surface area contributed by atoms with Crippen LogP contribution < -0.4 is 10.1 Å². The summed E-state index contributed by atoms with van der Waals surface area (Å²) in [6, 6.07) is 11.1. The highest BCUT2D eigenvalue weighted by atomic mass is 35.5. The van der Waals surface area contributed by atoms with Gasteiger partial charge in [0.05, 0.1) is 12.1 Å². The number of rotatable bonds is 7. The maximum Gasteiger partial charge on any atom is 0.341 e. The van der Waals surface area contributed by atoms with Gasteiger partial charge in [-0.3, -0.25) is 4.79 Å². The molecule has 0 saturated carbocycles. The largest absolute Gasteiger partial charge is 0.492 e. The van der Waals surface area contributed by atoms with Crippen LogP contribution >= 0.6 is 11.6 Å². The first-order valence-electron chi connectivity index (χ1n) is 7.54. The zero-order valence-electron chi connectivity index (χ0n) is 13.6. The normalized spacial score (nSPS) is 10.2.